The quantitative estimate of drug-likeness (QED) is 0.792. The van der Waals surface area contributed by atoms with Crippen LogP contribution < -0.4 is 10.1 Å². The van der Waals surface area contributed by atoms with Gasteiger partial charge >= 0.3 is 0 Å². The number of benzene rings is 2. The lowest BCUT2D eigenvalue weighted by atomic mass is 10.1. The van der Waals surface area contributed by atoms with E-state index in [1.807, 2.05) is 18.2 Å². The molecule has 2 aliphatic rings. The van der Waals surface area contributed by atoms with Crippen molar-refractivity contribution in [2.24, 2.45) is 0 Å². The minimum atomic E-state index is -0.256. The zero-order valence-corrected chi connectivity index (χ0v) is 16.8. The first kappa shape index (κ1) is 20.4. The summed E-state index contributed by atoms with van der Waals surface area (Å²) in [5, 5.41) is 2.90. The van der Waals surface area contributed by atoms with E-state index in [2.05, 4.69) is 5.32 Å². The first-order chi connectivity index (χ1) is 14.7. The van der Waals surface area contributed by atoms with E-state index in [1.165, 1.54) is 0 Å². The Labute approximate surface area is 175 Å². The van der Waals surface area contributed by atoms with Crippen molar-refractivity contribution in [3.05, 3.63) is 59.7 Å². The third-order valence-corrected chi connectivity index (χ3v) is 5.28. The van der Waals surface area contributed by atoms with E-state index in [4.69, 9.17) is 14.2 Å². The number of hydrogen-bond acceptors (Lipinski definition) is 5. The standard InChI is InChI=1S/C23H26N2O5/c26-22(17-7-9-18(10-8-17)23(27)25-11-14-28-15-12-25)24-20-5-1-2-6-21(20)30-16-19-4-3-13-29-19/h1-2,5-10,19H,3-4,11-16H2,(H,24,26). The van der Waals surface area contributed by atoms with Crippen LogP contribution in [0.3, 0.4) is 0 Å². The molecule has 2 aliphatic heterocycles. The molecule has 30 heavy (non-hydrogen) atoms. The summed E-state index contributed by atoms with van der Waals surface area (Å²) < 4.78 is 16.7. The fourth-order valence-electron chi connectivity index (χ4n) is 3.56. The Hall–Kier alpha value is -2.90. The molecule has 0 radical (unpaired) electrons. The van der Waals surface area contributed by atoms with Gasteiger partial charge in [-0.05, 0) is 49.2 Å². The molecular formula is C23H26N2O5. The van der Waals surface area contributed by atoms with Gasteiger partial charge in [0.15, 0.2) is 0 Å². The summed E-state index contributed by atoms with van der Waals surface area (Å²) in [6.07, 6.45) is 2.14. The van der Waals surface area contributed by atoms with Crippen LogP contribution in [0.15, 0.2) is 48.5 Å². The van der Waals surface area contributed by atoms with Crippen molar-refractivity contribution in [3.63, 3.8) is 0 Å². The summed E-state index contributed by atoms with van der Waals surface area (Å²) in [5.74, 6) is 0.312. The first-order valence-electron chi connectivity index (χ1n) is 10.3. The maximum Gasteiger partial charge on any atom is 0.255 e. The molecule has 4 rings (SSSR count). The number of ether oxygens (including phenoxy) is 3. The highest BCUT2D eigenvalue weighted by atomic mass is 16.5. The summed E-state index contributed by atoms with van der Waals surface area (Å²) in [4.78, 5) is 27.0. The Morgan fingerprint density at radius 2 is 1.73 bits per heavy atom. The number of nitrogens with one attached hydrogen (secondary N) is 1. The van der Waals surface area contributed by atoms with E-state index in [1.54, 1.807) is 35.2 Å². The zero-order valence-electron chi connectivity index (χ0n) is 16.8. The molecule has 1 N–H and O–H groups in total. The third kappa shape index (κ3) is 4.98. The van der Waals surface area contributed by atoms with Gasteiger partial charge in [-0.3, -0.25) is 9.59 Å². The summed E-state index contributed by atoms with van der Waals surface area (Å²) in [6.45, 7) is 3.52. The largest absolute Gasteiger partial charge is 0.489 e. The van der Waals surface area contributed by atoms with Crippen LogP contribution in [0.5, 0.6) is 5.75 Å². The van der Waals surface area contributed by atoms with Gasteiger partial charge in [-0.1, -0.05) is 12.1 Å². The van der Waals surface area contributed by atoms with Crippen LogP contribution in [0.4, 0.5) is 5.69 Å². The Morgan fingerprint density at radius 1 is 1.00 bits per heavy atom. The van der Waals surface area contributed by atoms with E-state index < -0.39 is 0 Å². The Bertz CT molecular complexity index is 871. The number of anilines is 1. The number of para-hydroxylation sites is 2. The summed E-state index contributed by atoms with van der Waals surface area (Å²) in [7, 11) is 0. The van der Waals surface area contributed by atoms with Crippen molar-refractivity contribution in [3.8, 4) is 5.75 Å². The van der Waals surface area contributed by atoms with Gasteiger partial charge in [0.1, 0.15) is 12.4 Å². The SMILES string of the molecule is O=C(Nc1ccccc1OCC1CCCO1)c1ccc(C(=O)N2CCOCC2)cc1. The van der Waals surface area contributed by atoms with Crippen LogP contribution in [0.2, 0.25) is 0 Å². The van der Waals surface area contributed by atoms with E-state index in [0.29, 0.717) is 55.5 Å². The lowest BCUT2D eigenvalue weighted by Gasteiger charge is -2.26. The second kappa shape index (κ2) is 9.73. The highest BCUT2D eigenvalue weighted by Gasteiger charge is 2.20. The maximum absolute atomic E-state index is 12.7. The van der Waals surface area contributed by atoms with Gasteiger partial charge in [0.05, 0.1) is 25.0 Å². The van der Waals surface area contributed by atoms with Crippen LogP contribution in [0.1, 0.15) is 33.6 Å². The molecule has 0 aliphatic carbocycles. The van der Waals surface area contributed by atoms with Crippen LogP contribution in [0.25, 0.3) is 0 Å². The van der Waals surface area contributed by atoms with Gasteiger partial charge < -0.3 is 24.4 Å². The molecule has 2 aromatic carbocycles. The van der Waals surface area contributed by atoms with Crippen molar-refractivity contribution < 1.29 is 23.8 Å². The van der Waals surface area contributed by atoms with Crippen LogP contribution >= 0.6 is 0 Å². The molecule has 7 heteroatoms. The Balaban J connectivity index is 1.38. The normalized spacial score (nSPS) is 18.8. The number of carbonyl (C=O) groups is 2. The summed E-state index contributed by atoms with van der Waals surface area (Å²) in [6, 6.07) is 14.1. The highest BCUT2D eigenvalue weighted by Crippen LogP contribution is 2.25. The molecule has 2 aromatic rings. The van der Waals surface area contributed by atoms with Gasteiger partial charge in [0, 0.05) is 30.8 Å². The topological polar surface area (TPSA) is 77.1 Å². The van der Waals surface area contributed by atoms with Gasteiger partial charge in [-0.25, -0.2) is 0 Å². The van der Waals surface area contributed by atoms with Crippen molar-refractivity contribution in [1.82, 2.24) is 4.90 Å². The highest BCUT2D eigenvalue weighted by molar-refractivity contribution is 6.05. The van der Waals surface area contributed by atoms with Crippen LogP contribution in [0, 0.1) is 0 Å². The first-order valence-corrected chi connectivity index (χ1v) is 10.3. The van der Waals surface area contributed by atoms with Crippen molar-refractivity contribution in [1.29, 1.82) is 0 Å². The number of nitrogens with zero attached hydrogens (tertiary/aromatic N) is 1. The monoisotopic (exact) mass is 410 g/mol. The smallest absolute Gasteiger partial charge is 0.255 e. The predicted molar refractivity (Wildman–Crippen MR) is 112 cm³/mol. The lowest BCUT2D eigenvalue weighted by Crippen LogP contribution is -2.40. The van der Waals surface area contributed by atoms with E-state index >= 15 is 0 Å². The fraction of sp³-hybridized carbons (Fsp3) is 0.391. The average Bonchev–Trinajstić information content (AvgIpc) is 3.32. The van der Waals surface area contributed by atoms with Crippen molar-refractivity contribution in [2.45, 2.75) is 18.9 Å². The Morgan fingerprint density at radius 3 is 2.47 bits per heavy atom. The van der Waals surface area contributed by atoms with Gasteiger partial charge in [-0.15, -0.1) is 0 Å². The number of hydrogen-bond donors (Lipinski definition) is 1. The zero-order chi connectivity index (χ0) is 20.8. The van der Waals surface area contributed by atoms with Crippen molar-refractivity contribution in [2.75, 3.05) is 44.8 Å². The molecule has 2 saturated heterocycles. The lowest BCUT2D eigenvalue weighted by molar-refractivity contribution is 0.0303. The van der Waals surface area contributed by atoms with Gasteiger partial charge in [0.2, 0.25) is 0 Å². The van der Waals surface area contributed by atoms with Crippen LogP contribution in [-0.2, 0) is 9.47 Å². The van der Waals surface area contributed by atoms with E-state index in [-0.39, 0.29) is 17.9 Å². The summed E-state index contributed by atoms with van der Waals surface area (Å²) in [5.41, 5.74) is 1.64. The number of rotatable bonds is 6. The summed E-state index contributed by atoms with van der Waals surface area (Å²) >= 11 is 0. The molecule has 0 bridgehead atoms. The van der Waals surface area contributed by atoms with E-state index in [9.17, 15) is 9.59 Å². The molecule has 7 nitrogen and oxygen atoms in total. The molecule has 0 aromatic heterocycles. The molecule has 1 unspecified atom stereocenters. The average molecular weight is 410 g/mol. The molecule has 2 amide bonds. The predicted octanol–water partition coefficient (Wildman–Crippen LogP) is 2.97. The minimum absolute atomic E-state index is 0.0434. The Kier molecular flexibility index (Phi) is 6.61. The van der Waals surface area contributed by atoms with Gasteiger partial charge in [-0.2, -0.15) is 0 Å². The molecule has 2 fully saturated rings. The number of carbonyl (C=O) groups excluding carboxylic acids is 2. The van der Waals surface area contributed by atoms with Crippen LogP contribution in [-0.4, -0.2) is 62.3 Å². The molecule has 2 heterocycles. The number of amides is 2. The molecule has 158 valence electrons. The van der Waals surface area contributed by atoms with Crippen molar-refractivity contribution >= 4 is 17.5 Å². The fourth-order valence-corrected chi connectivity index (χ4v) is 3.56. The van der Waals surface area contributed by atoms with Gasteiger partial charge in [0.25, 0.3) is 11.8 Å². The number of morpholine rings is 1. The third-order valence-electron chi connectivity index (χ3n) is 5.28. The maximum atomic E-state index is 12.7. The second-order valence-electron chi connectivity index (χ2n) is 7.38. The molecular weight excluding hydrogens is 384 g/mol. The minimum Gasteiger partial charge on any atom is -0.489 e. The second-order valence-corrected chi connectivity index (χ2v) is 7.38. The molecule has 0 saturated carbocycles. The molecule has 1 atom stereocenters. The molecule has 0 spiro atoms. The van der Waals surface area contributed by atoms with E-state index in [0.717, 1.165) is 19.4 Å².